The molecule has 2 aromatic heterocycles. The topological polar surface area (TPSA) is 76.1 Å². The van der Waals surface area contributed by atoms with Crippen molar-refractivity contribution >= 4 is 22.6 Å². The van der Waals surface area contributed by atoms with E-state index >= 15 is 0 Å². The summed E-state index contributed by atoms with van der Waals surface area (Å²) >= 11 is 0. The Balaban J connectivity index is 1.17. The minimum absolute atomic E-state index is 0.127. The summed E-state index contributed by atoms with van der Waals surface area (Å²) in [7, 11) is 0. The van der Waals surface area contributed by atoms with Gasteiger partial charge >= 0.3 is 0 Å². The van der Waals surface area contributed by atoms with Gasteiger partial charge < -0.3 is 15.4 Å². The fourth-order valence-corrected chi connectivity index (χ4v) is 4.44. The van der Waals surface area contributed by atoms with Crippen LogP contribution in [0.15, 0.2) is 79.0 Å². The second-order valence-corrected chi connectivity index (χ2v) is 8.83. The number of pyridine rings is 2. The van der Waals surface area contributed by atoms with Gasteiger partial charge in [0.25, 0.3) is 5.91 Å². The summed E-state index contributed by atoms with van der Waals surface area (Å²) in [4.78, 5) is 22.1. The van der Waals surface area contributed by atoms with E-state index in [-0.39, 0.29) is 11.9 Å². The van der Waals surface area contributed by atoms with Crippen molar-refractivity contribution in [1.29, 1.82) is 0 Å². The number of fused-ring (bicyclic) bond motifs is 1. The van der Waals surface area contributed by atoms with Crippen LogP contribution in [-0.4, -0.2) is 28.0 Å². The van der Waals surface area contributed by atoms with Crippen LogP contribution in [0.4, 0.5) is 5.82 Å². The molecule has 0 spiro atoms. The van der Waals surface area contributed by atoms with Crippen LogP contribution in [0.25, 0.3) is 10.9 Å². The number of anilines is 1. The standard InChI is InChI=1S/C28H28N4O2/c1-19-6-4-8-23(18-19)34-28-24(9-5-17-29-28)27(33)31-22-14-12-21(13-15-22)30-26-16-11-20-7-2-3-10-25(20)32-26/h2-11,16-18,21-22H,12-15H2,1H3,(H,30,32)(H,31,33)/t21-,22+. The lowest BCUT2D eigenvalue weighted by atomic mass is 9.91. The summed E-state index contributed by atoms with van der Waals surface area (Å²) in [6.07, 6.45) is 5.40. The van der Waals surface area contributed by atoms with Crippen molar-refractivity contribution in [3.05, 3.63) is 90.1 Å². The molecule has 1 aliphatic carbocycles. The van der Waals surface area contributed by atoms with Crippen LogP contribution < -0.4 is 15.4 Å². The molecule has 2 aromatic carbocycles. The Kier molecular flexibility index (Phi) is 6.38. The van der Waals surface area contributed by atoms with Gasteiger partial charge in [-0.05, 0) is 80.6 Å². The minimum atomic E-state index is -0.150. The van der Waals surface area contributed by atoms with Gasteiger partial charge in [0.2, 0.25) is 5.88 Å². The van der Waals surface area contributed by atoms with Crippen LogP contribution in [0.1, 0.15) is 41.6 Å². The Morgan fingerprint density at radius 2 is 1.74 bits per heavy atom. The van der Waals surface area contributed by atoms with Gasteiger partial charge in [-0.2, -0.15) is 0 Å². The Morgan fingerprint density at radius 3 is 2.59 bits per heavy atom. The molecule has 6 nitrogen and oxygen atoms in total. The molecule has 0 radical (unpaired) electrons. The lowest BCUT2D eigenvalue weighted by Gasteiger charge is -2.30. The molecular weight excluding hydrogens is 424 g/mol. The molecule has 172 valence electrons. The van der Waals surface area contributed by atoms with Crippen molar-refractivity contribution in [3.8, 4) is 11.6 Å². The lowest BCUT2D eigenvalue weighted by molar-refractivity contribution is 0.0923. The van der Waals surface area contributed by atoms with Crippen molar-refractivity contribution in [2.45, 2.75) is 44.7 Å². The van der Waals surface area contributed by atoms with Gasteiger partial charge in [0.05, 0.1) is 5.52 Å². The van der Waals surface area contributed by atoms with Gasteiger partial charge in [0.1, 0.15) is 17.1 Å². The molecule has 0 saturated heterocycles. The molecule has 0 unspecified atom stereocenters. The molecule has 1 amide bonds. The number of nitrogens with one attached hydrogen (secondary N) is 2. The van der Waals surface area contributed by atoms with Gasteiger partial charge in [-0.15, -0.1) is 0 Å². The first kappa shape index (κ1) is 21.9. The maximum absolute atomic E-state index is 13.0. The number of aromatic nitrogens is 2. The zero-order valence-corrected chi connectivity index (χ0v) is 19.2. The van der Waals surface area contributed by atoms with Crippen LogP contribution in [0.3, 0.4) is 0 Å². The molecule has 1 fully saturated rings. The van der Waals surface area contributed by atoms with E-state index in [9.17, 15) is 4.79 Å². The molecule has 1 saturated carbocycles. The summed E-state index contributed by atoms with van der Waals surface area (Å²) in [5, 5.41) is 7.88. The second-order valence-electron chi connectivity index (χ2n) is 8.83. The number of nitrogens with zero attached hydrogens (tertiary/aromatic N) is 2. The maximum Gasteiger partial charge on any atom is 0.257 e. The van der Waals surface area contributed by atoms with Crippen LogP contribution in [-0.2, 0) is 0 Å². The summed E-state index contributed by atoms with van der Waals surface area (Å²) in [6, 6.07) is 24.0. The molecule has 2 N–H and O–H groups in total. The van der Waals surface area contributed by atoms with Crippen LogP contribution >= 0.6 is 0 Å². The predicted octanol–water partition coefficient (Wildman–Crippen LogP) is 5.88. The van der Waals surface area contributed by atoms with E-state index in [1.165, 1.54) is 0 Å². The normalized spacial score (nSPS) is 17.8. The number of benzene rings is 2. The van der Waals surface area contributed by atoms with Gasteiger partial charge in [-0.3, -0.25) is 4.79 Å². The number of aryl methyl sites for hydroxylation is 1. The molecule has 6 heteroatoms. The molecule has 34 heavy (non-hydrogen) atoms. The average molecular weight is 453 g/mol. The van der Waals surface area contributed by atoms with E-state index in [0.29, 0.717) is 23.2 Å². The van der Waals surface area contributed by atoms with Gasteiger partial charge in [-0.25, -0.2) is 9.97 Å². The first-order valence-corrected chi connectivity index (χ1v) is 11.8. The molecule has 5 rings (SSSR count). The smallest absolute Gasteiger partial charge is 0.257 e. The highest BCUT2D eigenvalue weighted by Gasteiger charge is 2.24. The number of ether oxygens (including phenoxy) is 1. The Bertz CT molecular complexity index is 1300. The number of rotatable bonds is 6. The van der Waals surface area contributed by atoms with Crippen molar-refractivity contribution in [3.63, 3.8) is 0 Å². The third-order valence-electron chi connectivity index (χ3n) is 6.23. The lowest BCUT2D eigenvalue weighted by Crippen LogP contribution is -2.40. The summed E-state index contributed by atoms with van der Waals surface area (Å²) in [5.74, 6) is 1.74. The zero-order chi connectivity index (χ0) is 23.3. The largest absolute Gasteiger partial charge is 0.438 e. The Labute approximate surface area is 199 Å². The van der Waals surface area contributed by atoms with E-state index in [4.69, 9.17) is 9.72 Å². The molecule has 0 bridgehead atoms. The molecule has 2 heterocycles. The molecule has 4 aromatic rings. The number of hydrogen-bond donors (Lipinski definition) is 2. The summed E-state index contributed by atoms with van der Waals surface area (Å²) < 4.78 is 5.93. The monoisotopic (exact) mass is 452 g/mol. The predicted molar refractivity (Wildman–Crippen MR) is 134 cm³/mol. The molecule has 0 aliphatic heterocycles. The van der Waals surface area contributed by atoms with E-state index in [2.05, 4.69) is 27.8 Å². The summed E-state index contributed by atoms with van der Waals surface area (Å²) in [5.41, 5.74) is 2.53. The van der Waals surface area contributed by atoms with Crippen LogP contribution in [0.2, 0.25) is 0 Å². The van der Waals surface area contributed by atoms with Gasteiger partial charge in [0, 0.05) is 23.7 Å². The van der Waals surface area contributed by atoms with E-state index < -0.39 is 0 Å². The molecular formula is C28H28N4O2. The molecule has 0 atom stereocenters. The van der Waals surface area contributed by atoms with Crippen molar-refractivity contribution < 1.29 is 9.53 Å². The fourth-order valence-electron chi connectivity index (χ4n) is 4.44. The van der Waals surface area contributed by atoms with Gasteiger partial charge in [0.15, 0.2) is 0 Å². The first-order chi connectivity index (χ1) is 16.6. The number of hydrogen-bond acceptors (Lipinski definition) is 5. The third-order valence-corrected chi connectivity index (χ3v) is 6.23. The second kappa shape index (κ2) is 9.91. The minimum Gasteiger partial charge on any atom is -0.438 e. The third kappa shape index (κ3) is 5.17. The fraction of sp³-hybridized carbons (Fsp3) is 0.250. The number of amides is 1. The first-order valence-electron chi connectivity index (χ1n) is 11.8. The SMILES string of the molecule is Cc1cccc(Oc2ncccc2C(=O)N[C@H]2CC[C@@H](Nc3ccc4ccccc4n3)CC2)c1. The van der Waals surface area contributed by atoms with Crippen LogP contribution in [0, 0.1) is 6.92 Å². The average Bonchev–Trinajstić information content (AvgIpc) is 2.85. The van der Waals surface area contributed by atoms with Crippen molar-refractivity contribution in [2.75, 3.05) is 5.32 Å². The van der Waals surface area contributed by atoms with Gasteiger partial charge in [-0.1, -0.05) is 30.3 Å². The highest BCUT2D eigenvalue weighted by Crippen LogP contribution is 2.26. The zero-order valence-electron chi connectivity index (χ0n) is 19.2. The Morgan fingerprint density at radius 1 is 0.912 bits per heavy atom. The number of carbonyl (C=O) groups excluding carboxylic acids is 1. The maximum atomic E-state index is 13.0. The Hall–Kier alpha value is -3.93. The van der Waals surface area contributed by atoms with Crippen LogP contribution in [0.5, 0.6) is 11.6 Å². The van der Waals surface area contributed by atoms with Crippen molar-refractivity contribution in [1.82, 2.24) is 15.3 Å². The van der Waals surface area contributed by atoms with Crippen molar-refractivity contribution in [2.24, 2.45) is 0 Å². The van der Waals surface area contributed by atoms with E-state index in [0.717, 1.165) is 48.0 Å². The number of para-hydroxylation sites is 1. The highest BCUT2D eigenvalue weighted by molar-refractivity contribution is 5.96. The number of carbonyl (C=O) groups is 1. The van der Waals surface area contributed by atoms with E-state index in [1.54, 1.807) is 18.3 Å². The van der Waals surface area contributed by atoms with E-state index in [1.807, 2.05) is 55.5 Å². The quantitative estimate of drug-likeness (QED) is 0.382. The molecule has 1 aliphatic rings. The highest BCUT2D eigenvalue weighted by atomic mass is 16.5. The summed E-state index contributed by atoms with van der Waals surface area (Å²) in [6.45, 7) is 2.00.